The van der Waals surface area contributed by atoms with E-state index in [-0.39, 0.29) is 16.0 Å². The predicted molar refractivity (Wildman–Crippen MR) is 110 cm³/mol. The second kappa shape index (κ2) is 8.06. The maximum absolute atomic E-state index is 13.3. The predicted octanol–water partition coefficient (Wildman–Crippen LogP) is 4.33. The van der Waals surface area contributed by atoms with Gasteiger partial charge in [-0.1, -0.05) is 22.9 Å². The maximum Gasteiger partial charge on any atom is 0.274 e. The summed E-state index contributed by atoms with van der Waals surface area (Å²) in [4.78, 5) is 4.46. The molecule has 1 aromatic heterocycles. The van der Waals surface area contributed by atoms with Gasteiger partial charge in [-0.05, 0) is 49.2 Å². The number of nitrogens with zero attached hydrogens (tertiary/aromatic N) is 2. The van der Waals surface area contributed by atoms with Gasteiger partial charge in [0.1, 0.15) is 17.7 Å². The average molecular weight is 457 g/mol. The van der Waals surface area contributed by atoms with Gasteiger partial charge in [-0.25, -0.2) is 17.8 Å². The molecule has 1 aliphatic rings. The summed E-state index contributed by atoms with van der Waals surface area (Å²) in [6.45, 7) is 0.613. The summed E-state index contributed by atoms with van der Waals surface area (Å²) in [5.74, 6) is 0.110. The van der Waals surface area contributed by atoms with Gasteiger partial charge in [0, 0.05) is 13.1 Å². The minimum Gasteiger partial charge on any atom is -0.497 e. The van der Waals surface area contributed by atoms with Crippen molar-refractivity contribution >= 4 is 43.2 Å². The average Bonchev–Trinajstić information content (AvgIpc) is 3.11. The number of piperidine rings is 1. The Morgan fingerprint density at radius 3 is 2.66 bits per heavy atom. The highest BCUT2D eigenvalue weighted by molar-refractivity contribution is 7.89. The summed E-state index contributed by atoms with van der Waals surface area (Å²) in [5, 5.41) is 0.344. The SMILES string of the molecule is COc1ccc2nc(OC3CCN(S(=O)(=O)c4ccc(F)c(Cl)c4)CC3)sc2c1. The lowest BCUT2D eigenvalue weighted by atomic mass is 10.1. The number of hydrogen-bond donors (Lipinski definition) is 0. The molecular weight excluding hydrogens is 439 g/mol. The first kappa shape index (κ1) is 20.3. The van der Waals surface area contributed by atoms with E-state index in [4.69, 9.17) is 21.1 Å². The number of benzene rings is 2. The normalized spacial score (nSPS) is 16.2. The van der Waals surface area contributed by atoms with Crippen LogP contribution >= 0.6 is 22.9 Å². The second-order valence-corrected chi connectivity index (χ2v) is 9.95. The van der Waals surface area contributed by atoms with Crippen LogP contribution in [-0.4, -0.2) is 44.0 Å². The molecule has 3 aromatic rings. The fourth-order valence-electron chi connectivity index (χ4n) is 3.18. The minimum atomic E-state index is -3.73. The Balaban J connectivity index is 1.42. The molecule has 1 fully saturated rings. The molecule has 0 N–H and O–H groups in total. The van der Waals surface area contributed by atoms with E-state index in [1.165, 1.54) is 21.7 Å². The molecule has 10 heteroatoms. The van der Waals surface area contributed by atoms with Gasteiger partial charge < -0.3 is 9.47 Å². The first-order chi connectivity index (χ1) is 13.9. The molecule has 1 aliphatic heterocycles. The molecule has 4 rings (SSSR count). The number of rotatable bonds is 5. The number of sulfonamides is 1. The third-order valence-corrected chi connectivity index (χ3v) is 7.87. The van der Waals surface area contributed by atoms with Gasteiger partial charge >= 0.3 is 0 Å². The highest BCUT2D eigenvalue weighted by atomic mass is 35.5. The lowest BCUT2D eigenvalue weighted by Gasteiger charge is -2.30. The van der Waals surface area contributed by atoms with Gasteiger partial charge in [-0.3, -0.25) is 0 Å². The Morgan fingerprint density at radius 1 is 1.21 bits per heavy atom. The fraction of sp³-hybridized carbons (Fsp3) is 0.316. The van der Waals surface area contributed by atoms with Crippen LogP contribution < -0.4 is 9.47 Å². The van der Waals surface area contributed by atoms with E-state index in [0.29, 0.717) is 31.1 Å². The van der Waals surface area contributed by atoms with Crippen molar-refractivity contribution in [2.24, 2.45) is 0 Å². The summed E-state index contributed by atoms with van der Waals surface area (Å²) in [6.07, 6.45) is 0.946. The molecule has 29 heavy (non-hydrogen) atoms. The Bertz CT molecular complexity index is 1140. The van der Waals surface area contributed by atoms with Crippen molar-refractivity contribution in [2.45, 2.75) is 23.8 Å². The minimum absolute atomic E-state index is 0.0108. The van der Waals surface area contributed by atoms with Gasteiger partial charge in [-0.15, -0.1) is 0 Å². The van der Waals surface area contributed by atoms with Crippen molar-refractivity contribution in [1.29, 1.82) is 0 Å². The second-order valence-electron chi connectivity index (χ2n) is 6.61. The van der Waals surface area contributed by atoms with Gasteiger partial charge in [-0.2, -0.15) is 4.31 Å². The van der Waals surface area contributed by atoms with Crippen LogP contribution in [0.15, 0.2) is 41.3 Å². The molecule has 0 atom stereocenters. The van der Waals surface area contributed by atoms with Crippen molar-refractivity contribution in [3.8, 4) is 10.9 Å². The smallest absolute Gasteiger partial charge is 0.274 e. The van der Waals surface area contributed by atoms with E-state index in [2.05, 4.69) is 4.98 Å². The zero-order valence-corrected chi connectivity index (χ0v) is 17.9. The molecule has 0 radical (unpaired) electrons. The van der Waals surface area contributed by atoms with Crippen LogP contribution in [0.5, 0.6) is 10.9 Å². The largest absolute Gasteiger partial charge is 0.497 e. The van der Waals surface area contributed by atoms with Crippen molar-refractivity contribution in [2.75, 3.05) is 20.2 Å². The Labute approximate surface area is 176 Å². The summed E-state index contributed by atoms with van der Waals surface area (Å²) in [6, 6.07) is 9.06. The molecule has 1 saturated heterocycles. The van der Waals surface area contributed by atoms with Crippen molar-refractivity contribution in [1.82, 2.24) is 9.29 Å². The summed E-state index contributed by atoms with van der Waals surface area (Å²) >= 11 is 7.16. The van der Waals surface area contributed by atoms with E-state index in [9.17, 15) is 12.8 Å². The molecule has 0 amide bonds. The summed E-state index contributed by atoms with van der Waals surface area (Å²) in [5.41, 5.74) is 0.832. The number of methoxy groups -OCH3 is 1. The molecule has 0 bridgehead atoms. The van der Waals surface area contributed by atoms with Gasteiger partial charge in [0.2, 0.25) is 10.0 Å². The fourth-order valence-corrected chi connectivity index (χ4v) is 5.83. The maximum atomic E-state index is 13.3. The molecular formula is C19H18ClFN2O4S2. The van der Waals surface area contributed by atoms with Crippen LogP contribution in [-0.2, 0) is 10.0 Å². The lowest BCUT2D eigenvalue weighted by molar-refractivity contribution is 0.135. The highest BCUT2D eigenvalue weighted by Crippen LogP contribution is 2.33. The number of aromatic nitrogens is 1. The summed E-state index contributed by atoms with van der Waals surface area (Å²) in [7, 11) is -2.11. The zero-order chi connectivity index (χ0) is 20.6. The number of hydrogen-bond acceptors (Lipinski definition) is 6. The number of halogens is 2. The molecule has 0 aliphatic carbocycles. The molecule has 0 spiro atoms. The topological polar surface area (TPSA) is 68.7 Å². The molecule has 0 saturated carbocycles. The van der Waals surface area contributed by atoms with Crippen molar-refractivity contribution < 1.29 is 22.3 Å². The summed E-state index contributed by atoms with van der Waals surface area (Å²) < 4.78 is 52.4. The van der Waals surface area contributed by atoms with Crippen LogP contribution in [0, 0.1) is 5.82 Å². The van der Waals surface area contributed by atoms with Crippen molar-refractivity contribution in [3.05, 3.63) is 47.2 Å². The van der Waals surface area contributed by atoms with E-state index in [1.807, 2.05) is 18.2 Å². The third kappa shape index (κ3) is 4.18. The number of ether oxygens (including phenoxy) is 2. The quantitative estimate of drug-likeness (QED) is 0.571. The Hall–Kier alpha value is -1.94. The van der Waals surface area contributed by atoms with Crippen LogP contribution in [0.3, 0.4) is 0 Å². The van der Waals surface area contributed by atoms with Crippen LogP contribution in [0.4, 0.5) is 4.39 Å². The molecule has 2 aromatic carbocycles. The monoisotopic (exact) mass is 456 g/mol. The standard InChI is InChI=1S/C19H18ClFN2O4S2/c1-26-13-2-5-17-18(10-13)28-19(22-17)27-12-6-8-23(9-7-12)29(24,25)14-3-4-16(21)15(20)11-14/h2-5,10-12H,6-9H2,1H3. The Kier molecular flexibility index (Phi) is 5.65. The first-order valence-electron chi connectivity index (χ1n) is 8.93. The van der Waals surface area contributed by atoms with Crippen LogP contribution in [0.25, 0.3) is 10.2 Å². The Morgan fingerprint density at radius 2 is 1.97 bits per heavy atom. The van der Waals surface area contributed by atoms with Gasteiger partial charge in [0.25, 0.3) is 5.19 Å². The molecule has 0 unspecified atom stereocenters. The van der Waals surface area contributed by atoms with Crippen LogP contribution in [0.1, 0.15) is 12.8 Å². The van der Waals surface area contributed by atoms with Crippen molar-refractivity contribution in [3.63, 3.8) is 0 Å². The van der Waals surface area contributed by atoms with E-state index < -0.39 is 15.8 Å². The van der Waals surface area contributed by atoms with Gasteiger partial charge in [0.05, 0.1) is 27.2 Å². The lowest BCUT2D eigenvalue weighted by Crippen LogP contribution is -2.41. The first-order valence-corrected chi connectivity index (χ1v) is 11.6. The van der Waals surface area contributed by atoms with E-state index in [1.54, 1.807) is 7.11 Å². The van der Waals surface area contributed by atoms with Gasteiger partial charge in [0.15, 0.2) is 0 Å². The number of fused-ring (bicyclic) bond motifs is 1. The van der Waals surface area contributed by atoms with E-state index in [0.717, 1.165) is 28.1 Å². The van der Waals surface area contributed by atoms with E-state index >= 15 is 0 Å². The molecule has 2 heterocycles. The molecule has 6 nitrogen and oxygen atoms in total. The molecule has 154 valence electrons. The van der Waals surface area contributed by atoms with Crippen LogP contribution in [0.2, 0.25) is 5.02 Å². The zero-order valence-electron chi connectivity index (χ0n) is 15.5. The highest BCUT2D eigenvalue weighted by Gasteiger charge is 2.31. The third-order valence-electron chi connectivity index (χ3n) is 4.77. The number of thiazole rings is 1.